The van der Waals surface area contributed by atoms with E-state index in [4.69, 9.17) is 0 Å². The number of ketones is 1. The largest absolute Gasteiger partial charge is 0.338 e. The molecule has 106 valence electrons. The molecule has 2 amide bonds. The molecule has 0 saturated heterocycles. The van der Waals surface area contributed by atoms with Gasteiger partial charge in [-0.2, -0.15) is 0 Å². The lowest BCUT2D eigenvalue weighted by molar-refractivity contribution is -0.115. The molecular weight excluding hydrogens is 252 g/mol. The number of urea groups is 1. The summed E-state index contributed by atoms with van der Waals surface area (Å²) >= 11 is 0. The molecule has 0 radical (unpaired) electrons. The van der Waals surface area contributed by atoms with Gasteiger partial charge in [0.1, 0.15) is 0 Å². The fraction of sp³-hybridized carbons (Fsp3) is 0.250. The Hall–Kier alpha value is -2.36. The van der Waals surface area contributed by atoms with Crippen LogP contribution >= 0.6 is 0 Å². The van der Waals surface area contributed by atoms with E-state index < -0.39 is 0 Å². The van der Waals surface area contributed by atoms with E-state index in [2.05, 4.69) is 30.4 Å². The van der Waals surface area contributed by atoms with E-state index in [0.29, 0.717) is 35.9 Å². The monoisotopic (exact) mass is 272 g/mol. The summed E-state index contributed by atoms with van der Waals surface area (Å²) < 4.78 is 0. The number of amides is 2. The fourth-order valence-corrected chi connectivity index (χ4v) is 1.58. The van der Waals surface area contributed by atoms with Crippen LogP contribution in [0.5, 0.6) is 0 Å². The molecule has 0 unspecified atom stereocenters. The second-order valence-electron chi connectivity index (χ2n) is 4.63. The molecule has 0 spiro atoms. The van der Waals surface area contributed by atoms with E-state index in [1.807, 2.05) is 6.07 Å². The molecule has 2 N–H and O–H groups in total. The van der Waals surface area contributed by atoms with Crippen LogP contribution in [0.25, 0.3) is 13.2 Å². The Morgan fingerprint density at radius 1 is 1.25 bits per heavy atom. The number of hydrogen-bond donors (Lipinski definition) is 2. The molecule has 0 aliphatic carbocycles. The van der Waals surface area contributed by atoms with Crippen molar-refractivity contribution in [3.05, 3.63) is 40.8 Å². The fourth-order valence-electron chi connectivity index (χ4n) is 1.58. The van der Waals surface area contributed by atoms with Crippen molar-refractivity contribution < 1.29 is 9.59 Å². The normalized spacial score (nSPS) is 9.85. The van der Waals surface area contributed by atoms with Gasteiger partial charge in [0.25, 0.3) is 0 Å². The zero-order chi connectivity index (χ0) is 15.1. The van der Waals surface area contributed by atoms with Gasteiger partial charge in [0, 0.05) is 18.7 Å². The highest BCUT2D eigenvalue weighted by atomic mass is 16.2. The van der Waals surface area contributed by atoms with Gasteiger partial charge in [0.2, 0.25) is 0 Å². The maximum atomic E-state index is 11.7. The first-order valence-corrected chi connectivity index (χ1v) is 6.42. The third-order valence-corrected chi connectivity index (χ3v) is 2.86. The molecular formula is C16H20N2O2. The van der Waals surface area contributed by atoms with E-state index in [1.165, 1.54) is 0 Å². The Bertz CT molecular complexity index is 620. The van der Waals surface area contributed by atoms with Crippen LogP contribution in [0.15, 0.2) is 30.4 Å². The third-order valence-electron chi connectivity index (χ3n) is 2.86. The zero-order valence-corrected chi connectivity index (χ0v) is 11.8. The highest BCUT2D eigenvalue weighted by Gasteiger charge is 2.04. The van der Waals surface area contributed by atoms with Crippen LogP contribution in [-0.2, 0) is 4.79 Å². The molecule has 0 atom stereocenters. The molecule has 1 aromatic carbocycles. The molecule has 0 aromatic heterocycles. The van der Waals surface area contributed by atoms with Crippen molar-refractivity contribution in [2.24, 2.45) is 0 Å². The number of allylic oxidation sites excluding steroid dienone is 1. The van der Waals surface area contributed by atoms with Crippen molar-refractivity contribution in [2.75, 3.05) is 11.9 Å². The average molecular weight is 272 g/mol. The summed E-state index contributed by atoms with van der Waals surface area (Å²) in [5.74, 6) is 0.0250. The summed E-state index contributed by atoms with van der Waals surface area (Å²) in [6, 6.07) is 5.08. The van der Waals surface area contributed by atoms with Gasteiger partial charge in [0.15, 0.2) is 5.78 Å². The van der Waals surface area contributed by atoms with Crippen LogP contribution in [0.1, 0.15) is 19.8 Å². The Morgan fingerprint density at radius 3 is 2.60 bits per heavy atom. The van der Waals surface area contributed by atoms with Crippen LogP contribution in [-0.4, -0.2) is 18.4 Å². The molecule has 0 aliphatic rings. The van der Waals surface area contributed by atoms with Crippen molar-refractivity contribution in [1.29, 1.82) is 0 Å². The minimum atomic E-state index is -0.316. The van der Waals surface area contributed by atoms with E-state index in [-0.39, 0.29) is 11.8 Å². The first kappa shape index (κ1) is 15.7. The van der Waals surface area contributed by atoms with Crippen LogP contribution in [0.2, 0.25) is 0 Å². The van der Waals surface area contributed by atoms with Gasteiger partial charge in [-0.25, -0.2) is 4.79 Å². The number of Topliss-reactive ketones (excluding diaryl/α,β-unsaturated/α-hetero) is 1. The second-order valence-corrected chi connectivity index (χ2v) is 4.63. The lowest BCUT2D eigenvalue weighted by atomic mass is 10.1. The van der Waals surface area contributed by atoms with E-state index >= 15 is 0 Å². The second kappa shape index (κ2) is 7.28. The van der Waals surface area contributed by atoms with Gasteiger partial charge in [0.05, 0.1) is 0 Å². The summed E-state index contributed by atoms with van der Waals surface area (Å²) in [6.45, 7) is 13.4. The molecule has 20 heavy (non-hydrogen) atoms. The maximum Gasteiger partial charge on any atom is 0.319 e. The van der Waals surface area contributed by atoms with Crippen molar-refractivity contribution in [1.82, 2.24) is 5.32 Å². The number of carbonyl (C=O) groups excluding carboxylic acids is 2. The quantitative estimate of drug-likeness (QED) is 0.610. The van der Waals surface area contributed by atoms with Gasteiger partial charge in [-0.05, 0) is 35.4 Å². The van der Waals surface area contributed by atoms with E-state index in [9.17, 15) is 9.59 Å². The number of carbonyl (C=O) groups is 2. The summed E-state index contributed by atoms with van der Waals surface area (Å²) in [7, 11) is 0. The first-order valence-electron chi connectivity index (χ1n) is 6.42. The van der Waals surface area contributed by atoms with Gasteiger partial charge in [-0.1, -0.05) is 31.9 Å². The topological polar surface area (TPSA) is 58.2 Å². The molecule has 0 aliphatic heterocycles. The summed E-state index contributed by atoms with van der Waals surface area (Å²) in [5.41, 5.74) is 1.18. The Kier molecular flexibility index (Phi) is 5.72. The van der Waals surface area contributed by atoms with Gasteiger partial charge in [-0.15, -0.1) is 0 Å². The van der Waals surface area contributed by atoms with E-state index in [1.54, 1.807) is 19.1 Å². The van der Waals surface area contributed by atoms with Crippen molar-refractivity contribution in [2.45, 2.75) is 19.8 Å². The summed E-state index contributed by atoms with van der Waals surface area (Å²) in [5, 5.41) is 6.87. The van der Waals surface area contributed by atoms with Gasteiger partial charge >= 0.3 is 6.03 Å². The summed E-state index contributed by atoms with van der Waals surface area (Å²) in [6.07, 6.45) is 0.982. The van der Waals surface area contributed by atoms with Crippen LogP contribution in [0.4, 0.5) is 10.5 Å². The van der Waals surface area contributed by atoms with Crippen molar-refractivity contribution in [3.63, 3.8) is 0 Å². The molecule has 4 nitrogen and oxygen atoms in total. The smallest absolute Gasteiger partial charge is 0.319 e. The van der Waals surface area contributed by atoms with Crippen molar-refractivity contribution in [3.8, 4) is 0 Å². The Morgan fingerprint density at radius 2 is 1.95 bits per heavy atom. The molecule has 0 bridgehead atoms. The Balaban J connectivity index is 2.40. The number of benzene rings is 1. The molecule has 4 heteroatoms. The van der Waals surface area contributed by atoms with Crippen LogP contribution in [0, 0.1) is 0 Å². The number of rotatable bonds is 6. The first-order chi connectivity index (χ1) is 9.41. The standard InChI is InChI=1S/C16H20N2O2/c1-11(2)15(19)9-6-10-17-16(20)18-14-8-5-7-12(3)13(14)4/h5,7-8H,1,3-4,6,9-10H2,2H3,(H2,17,18,20). The SMILES string of the molecule is C=C(C)C(=O)CCCNC(=O)Nc1cccc(=C)c1=C. The van der Waals surface area contributed by atoms with Gasteiger partial charge < -0.3 is 10.6 Å². The van der Waals surface area contributed by atoms with Crippen LogP contribution in [0.3, 0.4) is 0 Å². The highest BCUT2D eigenvalue weighted by molar-refractivity contribution is 5.94. The number of hydrogen-bond acceptors (Lipinski definition) is 2. The molecule has 0 saturated carbocycles. The third kappa shape index (κ3) is 4.72. The predicted octanol–water partition coefficient (Wildman–Crippen LogP) is 1.55. The van der Waals surface area contributed by atoms with E-state index in [0.717, 1.165) is 5.22 Å². The Labute approximate surface area is 118 Å². The summed E-state index contributed by atoms with van der Waals surface area (Å²) in [4.78, 5) is 23.0. The molecule has 0 heterocycles. The van der Waals surface area contributed by atoms with Crippen LogP contribution < -0.4 is 21.1 Å². The predicted molar refractivity (Wildman–Crippen MR) is 82.8 cm³/mol. The number of nitrogens with one attached hydrogen (secondary N) is 2. The average Bonchev–Trinajstić information content (AvgIpc) is 2.39. The zero-order valence-electron chi connectivity index (χ0n) is 11.8. The maximum absolute atomic E-state index is 11.7. The minimum absolute atomic E-state index is 0.0250. The highest BCUT2D eigenvalue weighted by Crippen LogP contribution is 1.99. The lowest BCUT2D eigenvalue weighted by Gasteiger charge is -2.08. The minimum Gasteiger partial charge on any atom is -0.338 e. The van der Waals surface area contributed by atoms with Crippen molar-refractivity contribution >= 4 is 30.7 Å². The lowest BCUT2D eigenvalue weighted by Crippen LogP contribution is -2.34. The van der Waals surface area contributed by atoms with Gasteiger partial charge in [-0.3, -0.25) is 4.79 Å². The number of anilines is 1. The molecule has 1 aromatic rings. The molecule has 1 rings (SSSR count). The molecule has 0 fully saturated rings.